The highest BCUT2D eigenvalue weighted by Crippen LogP contribution is 2.38. The molecule has 0 bridgehead atoms. The van der Waals surface area contributed by atoms with E-state index in [0.29, 0.717) is 35.3 Å². The van der Waals surface area contributed by atoms with Gasteiger partial charge in [0.2, 0.25) is 0 Å². The minimum Gasteiger partial charge on any atom is -0.489 e. The van der Waals surface area contributed by atoms with Crippen molar-refractivity contribution in [2.45, 2.75) is 45.1 Å². The lowest BCUT2D eigenvalue weighted by atomic mass is 9.87. The van der Waals surface area contributed by atoms with Gasteiger partial charge in [0.25, 0.3) is 5.91 Å². The highest BCUT2D eigenvalue weighted by molar-refractivity contribution is 6.32. The summed E-state index contributed by atoms with van der Waals surface area (Å²) < 4.78 is 11.2. The summed E-state index contributed by atoms with van der Waals surface area (Å²) in [5, 5.41) is 3.54. The van der Waals surface area contributed by atoms with Crippen LogP contribution in [0.5, 0.6) is 11.5 Å². The molecular formula is C17H22ClNO3. The Bertz CT molecular complexity index is 553. The normalized spacial score (nSPS) is 24.5. The molecular weight excluding hydrogens is 302 g/mol. The van der Waals surface area contributed by atoms with Crippen molar-refractivity contribution < 1.29 is 14.3 Å². The maximum absolute atomic E-state index is 12.5. The second-order valence-electron chi connectivity index (χ2n) is 6.27. The van der Waals surface area contributed by atoms with Crippen LogP contribution in [-0.2, 0) is 0 Å². The van der Waals surface area contributed by atoms with Gasteiger partial charge in [0.1, 0.15) is 0 Å². The van der Waals surface area contributed by atoms with Gasteiger partial charge in [-0.05, 0) is 43.7 Å². The number of nitrogens with one attached hydrogen (secondary N) is 1. The molecule has 0 unspecified atom stereocenters. The molecule has 3 rings (SSSR count). The number of benzene rings is 1. The third-order valence-corrected chi connectivity index (χ3v) is 4.70. The maximum Gasteiger partial charge on any atom is 0.251 e. The fourth-order valence-electron chi connectivity index (χ4n) is 3.04. The largest absolute Gasteiger partial charge is 0.489 e. The van der Waals surface area contributed by atoms with Crippen LogP contribution in [0, 0.1) is 5.92 Å². The molecule has 0 atom stereocenters. The van der Waals surface area contributed by atoms with E-state index in [1.54, 1.807) is 12.1 Å². The number of carbonyl (C=O) groups excluding carboxylic acids is 1. The van der Waals surface area contributed by atoms with Crippen LogP contribution in [0.1, 0.15) is 49.4 Å². The van der Waals surface area contributed by atoms with Crippen molar-refractivity contribution in [1.29, 1.82) is 0 Å². The number of amides is 1. The van der Waals surface area contributed by atoms with E-state index in [2.05, 4.69) is 12.2 Å². The van der Waals surface area contributed by atoms with Gasteiger partial charge in [0.15, 0.2) is 11.5 Å². The quantitative estimate of drug-likeness (QED) is 0.900. The zero-order valence-electron chi connectivity index (χ0n) is 12.9. The van der Waals surface area contributed by atoms with E-state index < -0.39 is 0 Å². The molecule has 2 aliphatic rings. The highest BCUT2D eigenvalue weighted by Gasteiger charge is 2.22. The molecule has 0 saturated heterocycles. The Hall–Kier alpha value is -1.42. The van der Waals surface area contributed by atoms with Crippen molar-refractivity contribution in [3.8, 4) is 11.5 Å². The number of halogens is 1. The van der Waals surface area contributed by atoms with Crippen molar-refractivity contribution in [3.63, 3.8) is 0 Å². The lowest BCUT2D eigenvalue weighted by Crippen LogP contribution is -2.37. The Morgan fingerprint density at radius 1 is 1.18 bits per heavy atom. The van der Waals surface area contributed by atoms with Gasteiger partial charge in [-0.25, -0.2) is 0 Å². The molecule has 1 fully saturated rings. The summed E-state index contributed by atoms with van der Waals surface area (Å²) in [5.41, 5.74) is 0.535. The van der Waals surface area contributed by atoms with Crippen LogP contribution >= 0.6 is 11.6 Å². The SMILES string of the molecule is CC1CCC(NC(=O)c2cc(Cl)c3c(c2)OCCCO3)CC1. The topological polar surface area (TPSA) is 47.6 Å². The Morgan fingerprint density at radius 2 is 1.91 bits per heavy atom. The minimum atomic E-state index is -0.0860. The van der Waals surface area contributed by atoms with Crippen LogP contribution in [0.25, 0.3) is 0 Å². The van der Waals surface area contributed by atoms with Crippen molar-refractivity contribution >= 4 is 17.5 Å². The fourth-order valence-corrected chi connectivity index (χ4v) is 3.30. The molecule has 4 nitrogen and oxygen atoms in total. The molecule has 0 radical (unpaired) electrons. The monoisotopic (exact) mass is 323 g/mol. The van der Waals surface area contributed by atoms with Crippen molar-refractivity contribution in [3.05, 3.63) is 22.7 Å². The maximum atomic E-state index is 12.5. The van der Waals surface area contributed by atoms with Crippen LogP contribution < -0.4 is 14.8 Å². The molecule has 1 aromatic rings. The van der Waals surface area contributed by atoms with Gasteiger partial charge in [-0.15, -0.1) is 0 Å². The van der Waals surface area contributed by atoms with E-state index in [-0.39, 0.29) is 11.9 Å². The molecule has 5 heteroatoms. The molecule has 1 aliphatic carbocycles. The molecule has 120 valence electrons. The molecule has 1 heterocycles. The van der Waals surface area contributed by atoms with Gasteiger partial charge >= 0.3 is 0 Å². The van der Waals surface area contributed by atoms with Gasteiger partial charge < -0.3 is 14.8 Å². The van der Waals surface area contributed by atoms with Crippen molar-refractivity contribution in [2.75, 3.05) is 13.2 Å². The number of hydrogen-bond acceptors (Lipinski definition) is 3. The smallest absolute Gasteiger partial charge is 0.251 e. The first-order valence-electron chi connectivity index (χ1n) is 8.03. The van der Waals surface area contributed by atoms with E-state index >= 15 is 0 Å². The average molecular weight is 324 g/mol. The molecule has 22 heavy (non-hydrogen) atoms. The highest BCUT2D eigenvalue weighted by atomic mass is 35.5. The number of rotatable bonds is 2. The average Bonchev–Trinajstić information content (AvgIpc) is 2.75. The third-order valence-electron chi connectivity index (χ3n) is 4.42. The van der Waals surface area contributed by atoms with E-state index in [0.717, 1.165) is 25.2 Å². The van der Waals surface area contributed by atoms with Crippen LogP contribution in [-0.4, -0.2) is 25.2 Å². The first kappa shape index (κ1) is 15.5. The Kier molecular flexibility index (Phi) is 4.77. The predicted molar refractivity (Wildman–Crippen MR) is 85.9 cm³/mol. The zero-order chi connectivity index (χ0) is 15.5. The van der Waals surface area contributed by atoms with E-state index in [1.165, 1.54) is 12.8 Å². The second kappa shape index (κ2) is 6.78. The molecule has 1 aliphatic heterocycles. The summed E-state index contributed by atoms with van der Waals surface area (Å²) in [7, 11) is 0. The molecule has 1 amide bonds. The van der Waals surface area contributed by atoms with Crippen molar-refractivity contribution in [2.24, 2.45) is 5.92 Å². The number of hydrogen-bond donors (Lipinski definition) is 1. The van der Waals surface area contributed by atoms with Crippen LogP contribution in [0.4, 0.5) is 0 Å². The van der Waals surface area contributed by atoms with Gasteiger partial charge in [-0.1, -0.05) is 18.5 Å². The summed E-state index contributed by atoms with van der Waals surface area (Å²) in [6, 6.07) is 3.65. The summed E-state index contributed by atoms with van der Waals surface area (Å²) in [4.78, 5) is 12.5. The zero-order valence-corrected chi connectivity index (χ0v) is 13.6. The van der Waals surface area contributed by atoms with Crippen LogP contribution in [0.2, 0.25) is 5.02 Å². The second-order valence-corrected chi connectivity index (χ2v) is 6.67. The van der Waals surface area contributed by atoms with Gasteiger partial charge in [0.05, 0.1) is 18.2 Å². The number of ether oxygens (including phenoxy) is 2. The fraction of sp³-hybridized carbons (Fsp3) is 0.588. The first-order valence-corrected chi connectivity index (χ1v) is 8.41. The lowest BCUT2D eigenvalue weighted by Gasteiger charge is -2.27. The molecule has 0 spiro atoms. The molecule has 1 N–H and O–H groups in total. The van der Waals surface area contributed by atoms with Crippen molar-refractivity contribution in [1.82, 2.24) is 5.32 Å². The number of fused-ring (bicyclic) bond motifs is 1. The van der Waals surface area contributed by atoms with Gasteiger partial charge in [0, 0.05) is 18.0 Å². The van der Waals surface area contributed by atoms with Crippen LogP contribution in [0.15, 0.2) is 12.1 Å². The van der Waals surface area contributed by atoms with E-state index in [4.69, 9.17) is 21.1 Å². The van der Waals surface area contributed by atoms with E-state index in [9.17, 15) is 4.79 Å². The van der Waals surface area contributed by atoms with E-state index in [1.807, 2.05) is 0 Å². The summed E-state index contributed by atoms with van der Waals surface area (Å²) >= 11 is 6.24. The third kappa shape index (κ3) is 3.49. The van der Waals surface area contributed by atoms with Gasteiger partial charge in [-0.2, -0.15) is 0 Å². The summed E-state index contributed by atoms with van der Waals surface area (Å²) in [6.07, 6.45) is 5.25. The molecule has 1 saturated carbocycles. The molecule has 0 aromatic heterocycles. The summed E-state index contributed by atoms with van der Waals surface area (Å²) in [6.45, 7) is 3.43. The Balaban J connectivity index is 1.72. The minimum absolute atomic E-state index is 0.0860. The van der Waals surface area contributed by atoms with Gasteiger partial charge in [-0.3, -0.25) is 4.79 Å². The molecule has 1 aromatic carbocycles. The first-order chi connectivity index (χ1) is 10.6. The Morgan fingerprint density at radius 3 is 2.68 bits per heavy atom. The van der Waals surface area contributed by atoms with Crippen LogP contribution in [0.3, 0.4) is 0 Å². The Labute approximate surface area is 136 Å². The standard InChI is InChI=1S/C17H22ClNO3/c1-11-3-5-13(6-4-11)19-17(20)12-9-14(18)16-15(10-12)21-7-2-8-22-16/h9-11,13H,2-8H2,1H3,(H,19,20). The summed E-state index contributed by atoms with van der Waals surface area (Å²) in [5.74, 6) is 1.78. The number of carbonyl (C=O) groups is 1. The lowest BCUT2D eigenvalue weighted by molar-refractivity contribution is 0.0922. The predicted octanol–water partition coefficient (Wildman–Crippen LogP) is 3.81.